The zero-order chi connectivity index (χ0) is 20.8. The molecule has 2 heterocycles. The molecular formula is C23H26N6O. The molecule has 0 radical (unpaired) electrons. The fourth-order valence-electron chi connectivity index (χ4n) is 3.82. The molecule has 30 heavy (non-hydrogen) atoms. The minimum absolute atomic E-state index is 0.190. The van der Waals surface area contributed by atoms with Gasteiger partial charge in [0.15, 0.2) is 11.6 Å². The van der Waals surface area contributed by atoms with Crippen LogP contribution in [0.15, 0.2) is 67.0 Å². The Morgan fingerprint density at radius 2 is 1.50 bits per heavy atom. The Morgan fingerprint density at radius 1 is 0.900 bits per heavy atom. The molecular weight excluding hydrogens is 376 g/mol. The van der Waals surface area contributed by atoms with Crippen LogP contribution in [0.25, 0.3) is 0 Å². The van der Waals surface area contributed by atoms with E-state index in [1.807, 2.05) is 60.7 Å². The van der Waals surface area contributed by atoms with Gasteiger partial charge in [-0.05, 0) is 30.4 Å². The second-order valence-electron chi connectivity index (χ2n) is 7.38. The number of rotatable bonds is 6. The van der Waals surface area contributed by atoms with E-state index in [-0.39, 0.29) is 5.91 Å². The van der Waals surface area contributed by atoms with Gasteiger partial charge in [-0.3, -0.25) is 15.6 Å². The Bertz CT molecular complexity index is 934. The predicted molar refractivity (Wildman–Crippen MR) is 119 cm³/mol. The molecule has 1 fully saturated rings. The van der Waals surface area contributed by atoms with Crippen molar-refractivity contribution >= 4 is 23.2 Å². The molecule has 1 aliphatic heterocycles. The standard InChI is InChI=1S/C23H26N6O/c24-20-21(25-16-26-22(20)29-14-8-3-9-15-29)27-28-23(30)19(17-10-4-1-5-11-17)18-12-6-2-7-13-18/h1-2,4-7,10-13,16,19H,3,8-9,14-15,24H2,(H,28,30)(H,25,26,27). The number of hydrogen-bond donors (Lipinski definition) is 3. The van der Waals surface area contributed by atoms with E-state index in [0.717, 1.165) is 37.1 Å². The van der Waals surface area contributed by atoms with Crippen molar-refractivity contribution in [3.63, 3.8) is 0 Å². The van der Waals surface area contributed by atoms with E-state index in [9.17, 15) is 4.79 Å². The minimum atomic E-state index is -0.454. The fourth-order valence-corrected chi connectivity index (χ4v) is 3.82. The second kappa shape index (κ2) is 9.26. The lowest BCUT2D eigenvalue weighted by Crippen LogP contribution is -2.36. The smallest absolute Gasteiger partial charge is 0.250 e. The van der Waals surface area contributed by atoms with Crippen LogP contribution in [-0.2, 0) is 4.79 Å². The molecule has 7 heteroatoms. The van der Waals surface area contributed by atoms with Crippen LogP contribution in [0, 0.1) is 0 Å². The first-order valence-corrected chi connectivity index (χ1v) is 10.2. The van der Waals surface area contributed by atoms with Crippen molar-refractivity contribution in [2.45, 2.75) is 25.2 Å². The zero-order valence-corrected chi connectivity index (χ0v) is 16.8. The highest BCUT2D eigenvalue weighted by atomic mass is 16.2. The summed E-state index contributed by atoms with van der Waals surface area (Å²) in [5.41, 5.74) is 14.3. The van der Waals surface area contributed by atoms with Gasteiger partial charge < -0.3 is 10.6 Å². The summed E-state index contributed by atoms with van der Waals surface area (Å²) in [7, 11) is 0. The summed E-state index contributed by atoms with van der Waals surface area (Å²) < 4.78 is 0. The van der Waals surface area contributed by atoms with Crippen molar-refractivity contribution in [2.24, 2.45) is 0 Å². The van der Waals surface area contributed by atoms with E-state index < -0.39 is 5.92 Å². The maximum absolute atomic E-state index is 13.1. The van der Waals surface area contributed by atoms with Crippen LogP contribution in [0.3, 0.4) is 0 Å². The molecule has 0 saturated carbocycles. The average Bonchev–Trinajstić information content (AvgIpc) is 2.80. The van der Waals surface area contributed by atoms with Crippen LogP contribution in [-0.4, -0.2) is 29.0 Å². The third-order valence-electron chi connectivity index (χ3n) is 5.35. The molecule has 0 spiro atoms. The Kier molecular flexibility index (Phi) is 6.08. The van der Waals surface area contributed by atoms with E-state index in [4.69, 9.17) is 5.73 Å². The first-order chi connectivity index (χ1) is 14.7. The Morgan fingerprint density at radius 3 is 2.10 bits per heavy atom. The average molecular weight is 403 g/mol. The monoisotopic (exact) mass is 402 g/mol. The van der Waals surface area contributed by atoms with Gasteiger partial charge in [-0.15, -0.1) is 0 Å². The molecule has 1 saturated heterocycles. The first-order valence-electron chi connectivity index (χ1n) is 10.2. The Balaban J connectivity index is 1.53. The minimum Gasteiger partial charge on any atom is -0.393 e. The summed E-state index contributed by atoms with van der Waals surface area (Å²) in [4.78, 5) is 23.9. The van der Waals surface area contributed by atoms with Crippen LogP contribution in [0.1, 0.15) is 36.3 Å². The number of carbonyl (C=O) groups excluding carboxylic acids is 1. The van der Waals surface area contributed by atoms with Crippen LogP contribution in [0.5, 0.6) is 0 Å². The number of anilines is 3. The van der Waals surface area contributed by atoms with E-state index in [0.29, 0.717) is 17.3 Å². The van der Waals surface area contributed by atoms with Crippen molar-refractivity contribution in [3.05, 3.63) is 78.1 Å². The number of nitrogens with one attached hydrogen (secondary N) is 2. The number of amides is 1. The van der Waals surface area contributed by atoms with Gasteiger partial charge in [0, 0.05) is 13.1 Å². The number of hydrogen-bond acceptors (Lipinski definition) is 6. The van der Waals surface area contributed by atoms with Gasteiger partial charge in [0.25, 0.3) is 0 Å². The van der Waals surface area contributed by atoms with Gasteiger partial charge in [-0.2, -0.15) is 0 Å². The lowest BCUT2D eigenvalue weighted by atomic mass is 9.91. The quantitative estimate of drug-likeness (QED) is 0.548. The molecule has 1 aliphatic rings. The first kappa shape index (κ1) is 19.7. The molecule has 3 aromatic rings. The largest absolute Gasteiger partial charge is 0.393 e. The third kappa shape index (κ3) is 4.35. The molecule has 4 N–H and O–H groups in total. The normalized spacial score (nSPS) is 13.8. The lowest BCUT2D eigenvalue weighted by molar-refractivity contribution is -0.121. The number of nitrogens with two attached hydrogens (primary N) is 1. The van der Waals surface area contributed by atoms with Crippen LogP contribution < -0.4 is 21.5 Å². The topological polar surface area (TPSA) is 96.2 Å². The highest BCUT2D eigenvalue weighted by Gasteiger charge is 2.23. The van der Waals surface area contributed by atoms with Crippen molar-refractivity contribution in [3.8, 4) is 0 Å². The number of hydrazine groups is 1. The Labute approximate surface area is 176 Å². The number of benzene rings is 2. The molecule has 7 nitrogen and oxygen atoms in total. The van der Waals surface area contributed by atoms with Crippen molar-refractivity contribution in [1.82, 2.24) is 15.4 Å². The summed E-state index contributed by atoms with van der Waals surface area (Å²) in [6, 6.07) is 19.4. The molecule has 0 atom stereocenters. The molecule has 4 rings (SSSR count). The highest BCUT2D eigenvalue weighted by molar-refractivity contribution is 5.88. The third-order valence-corrected chi connectivity index (χ3v) is 5.35. The molecule has 0 bridgehead atoms. The number of piperidine rings is 1. The lowest BCUT2D eigenvalue weighted by Gasteiger charge is -2.29. The van der Waals surface area contributed by atoms with Crippen molar-refractivity contribution in [2.75, 3.05) is 29.1 Å². The van der Waals surface area contributed by atoms with Gasteiger partial charge in [-0.25, -0.2) is 9.97 Å². The molecule has 2 aromatic carbocycles. The molecule has 0 unspecified atom stereocenters. The van der Waals surface area contributed by atoms with Gasteiger partial charge in [0.05, 0.1) is 5.92 Å². The summed E-state index contributed by atoms with van der Waals surface area (Å²) >= 11 is 0. The van der Waals surface area contributed by atoms with E-state index >= 15 is 0 Å². The summed E-state index contributed by atoms with van der Waals surface area (Å²) in [6.07, 6.45) is 4.95. The number of aromatic nitrogens is 2. The van der Waals surface area contributed by atoms with Crippen LogP contribution >= 0.6 is 0 Å². The van der Waals surface area contributed by atoms with Gasteiger partial charge >= 0.3 is 0 Å². The van der Waals surface area contributed by atoms with Gasteiger partial charge in [0.2, 0.25) is 5.91 Å². The SMILES string of the molecule is Nc1c(NNC(=O)C(c2ccccc2)c2ccccc2)ncnc1N1CCCCC1. The van der Waals surface area contributed by atoms with Gasteiger partial charge in [0.1, 0.15) is 12.0 Å². The summed E-state index contributed by atoms with van der Waals surface area (Å²) in [6.45, 7) is 1.86. The van der Waals surface area contributed by atoms with E-state index in [1.165, 1.54) is 12.7 Å². The number of carbonyl (C=O) groups is 1. The van der Waals surface area contributed by atoms with E-state index in [2.05, 4.69) is 25.7 Å². The summed E-state index contributed by atoms with van der Waals surface area (Å²) in [5, 5.41) is 0. The highest BCUT2D eigenvalue weighted by Crippen LogP contribution is 2.28. The Hall–Kier alpha value is -3.61. The van der Waals surface area contributed by atoms with E-state index in [1.54, 1.807) is 0 Å². The molecule has 1 amide bonds. The molecule has 154 valence electrons. The maximum atomic E-state index is 13.1. The van der Waals surface area contributed by atoms with Crippen molar-refractivity contribution < 1.29 is 4.79 Å². The predicted octanol–water partition coefficient (Wildman–Crippen LogP) is 3.32. The molecule has 0 aliphatic carbocycles. The zero-order valence-electron chi connectivity index (χ0n) is 16.8. The number of nitrogen functional groups attached to an aromatic ring is 1. The maximum Gasteiger partial charge on any atom is 0.250 e. The molecule has 1 aromatic heterocycles. The van der Waals surface area contributed by atoms with Gasteiger partial charge in [-0.1, -0.05) is 60.7 Å². The second-order valence-corrected chi connectivity index (χ2v) is 7.38. The van der Waals surface area contributed by atoms with Crippen molar-refractivity contribution in [1.29, 1.82) is 0 Å². The van der Waals surface area contributed by atoms with Crippen LogP contribution in [0.2, 0.25) is 0 Å². The van der Waals surface area contributed by atoms with Crippen LogP contribution in [0.4, 0.5) is 17.3 Å². The fraction of sp³-hybridized carbons (Fsp3) is 0.261. The summed E-state index contributed by atoms with van der Waals surface area (Å²) in [5.74, 6) is 0.470. The number of nitrogens with zero attached hydrogens (tertiary/aromatic N) is 3.